The second kappa shape index (κ2) is 9.05. The van der Waals surface area contributed by atoms with E-state index < -0.39 is 0 Å². The van der Waals surface area contributed by atoms with Crippen LogP contribution < -0.4 is 5.32 Å². The lowest BCUT2D eigenvalue weighted by Crippen LogP contribution is -2.46. The summed E-state index contributed by atoms with van der Waals surface area (Å²) in [5.41, 5.74) is 3.64. The number of benzene rings is 1. The number of aryl methyl sites for hydroxylation is 1. The molecule has 1 spiro atoms. The summed E-state index contributed by atoms with van der Waals surface area (Å²) < 4.78 is 0. The van der Waals surface area contributed by atoms with Crippen LogP contribution >= 0.6 is 24.8 Å². The molecule has 2 saturated heterocycles. The van der Waals surface area contributed by atoms with Gasteiger partial charge in [0.2, 0.25) is 0 Å². The number of hydrogen-bond donors (Lipinski definition) is 2. The number of piperidine rings is 2. The van der Waals surface area contributed by atoms with Gasteiger partial charge in [-0.3, -0.25) is 0 Å². The van der Waals surface area contributed by atoms with Crippen molar-refractivity contribution in [3.8, 4) is 0 Å². The number of likely N-dealkylation sites (tertiary alicyclic amines) is 1. The van der Waals surface area contributed by atoms with E-state index in [0.29, 0.717) is 11.3 Å². The number of nitrogens with one attached hydrogen (secondary N) is 1. The van der Waals surface area contributed by atoms with Crippen molar-refractivity contribution in [1.29, 1.82) is 0 Å². The van der Waals surface area contributed by atoms with Gasteiger partial charge in [-0.05, 0) is 87.2 Å². The summed E-state index contributed by atoms with van der Waals surface area (Å²) in [6.45, 7) is 5.32. The molecule has 2 heterocycles. The number of hydrogen-bond acceptors (Lipinski definition) is 3. The summed E-state index contributed by atoms with van der Waals surface area (Å²) in [4.78, 5) is 2.51. The van der Waals surface area contributed by atoms with Gasteiger partial charge < -0.3 is 15.3 Å². The average molecular weight is 387 g/mol. The van der Waals surface area contributed by atoms with Gasteiger partial charge in [0, 0.05) is 6.54 Å². The molecule has 1 unspecified atom stereocenters. The van der Waals surface area contributed by atoms with Crippen molar-refractivity contribution >= 4 is 24.8 Å². The average Bonchev–Trinajstić information content (AvgIpc) is 2.97. The highest BCUT2D eigenvalue weighted by atomic mass is 35.5. The van der Waals surface area contributed by atoms with Gasteiger partial charge in [-0.1, -0.05) is 24.3 Å². The molecule has 5 heteroatoms. The van der Waals surface area contributed by atoms with Crippen molar-refractivity contribution in [3.05, 3.63) is 35.4 Å². The number of aliphatic hydroxyl groups is 1. The van der Waals surface area contributed by atoms with Gasteiger partial charge in [0.05, 0.1) is 6.10 Å². The Bertz CT molecular complexity index is 540. The maximum atomic E-state index is 10.6. The molecule has 2 N–H and O–H groups in total. The third-order valence-corrected chi connectivity index (χ3v) is 6.65. The minimum atomic E-state index is -0.137. The summed E-state index contributed by atoms with van der Waals surface area (Å²) in [7, 11) is 0. The smallest absolute Gasteiger partial charge is 0.0696 e. The van der Waals surface area contributed by atoms with Crippen LogP contribution in [0.15, 0.2) is 24.3 Å². The molecule has 3 nitrogen and oxygen atoms in total. The predicted molar refractivity (Wildman–Crippen MR) is 108 cm³/mol. The van der Waals surface area contributed by atoms with Crippen LogP contribution in [0.5, 0.6) is 0 Å². The fourth-order valence-electron chi connectivity index (χ4n) is 5.09. The van der Waals surface area contributed by atoms with E-state index in [1.54, 1.807) is 11.1 Å². The Balaban J connectivity index is 0.00000113. The third-order valence-electron chi connectivity index (χ3n) is 6.65. The molecule has 4 rings (SSSR count). The molecule has 3 aliphatic rings. The van der Waals surface area contributed by atoms with Crippen molar-refractivity contribution < 1.29 is 5.11 Å². The standard InChI is InChI=1S/C20H30N2O.2ClH/c23-19(17-6-11-21-12-7-17)15-22-13-9-20(10-14-22)8-5-16-3-1-2-4-18(16)20;;/h1-4,17,19,21,23H,5-15H2;2*1H. The van der Waals surface area contributed by atoms with Crippen molar-refractivity contribution in [2.24, 2.45) is 5.92 Å². The van der Waals surface area contributed by atoms with E-state index in [-0.39, 0.29) is 30.9 Å². The number of β-amino-alcohol motifs (C(OH)–C–C–N with tert-alkyl or cyclic N) is 1. The van der Waals surface area contributed by atoms with Gasteiger partial charge in [0.1, 0.15) is 0 Å². The molecular formula is C20H32Cl2N2O. The first-order valence-electron chi connectivity index (χ1n) is 9.46. The quantitative estimate of drug-likeness (QED) is 0.836. The summed E-state index contributed by atoms with van der Waals surface area (Å²) >= 11 is 0. The molecule has 142 valence electrons. The zero-order chi connectivity index (χ0) is 15.7. The molecule has 0 radical (unpaired) electrons. The number of aliphatic hydroxyl groups excluding tert-OH is 1. The molecule has 1 aromatic rings. The number of halogens is 2. The minimum absolute atomic E-state index is 0. The van der Waals surface area contributed by atoms with Gasteiger partial charge in [0.15, 0.2) is 0 Å². The third kappa shape index (κ3) is 4.33. The van der Waals surface area contributed by atoms with E-state index in [4.69, 9.17) is 0 Å². The van der Waals surface area contributed by atoms with Crippen LogP contribution in [0.2, 0.25) is 0 Å². The lowest BCUT2D eigenvalue weighted by Gasteiger charge is -2.41. The van der Waals surface area contributed by atoms with Crippen LogP contribution in [-0.2, 0) is 11.8 Å². The van der Waals surface area contributed by atoms with Crippen molar-refractivity contribution in [2.75, 3.05) is 32.7 Å². The molecule has 0 amide bonds. The van der Waals surface area contributed by atoms with E-state index in [0.717, 1.165) is 45.6 Å². The Hall–Kier alpha value is -0.320. The van der Waals surface area contributed by atoms with E-state index in [2.05, 4.69) is 34.5 Å². The Morgan fingerprint density at radius 3 is 2.48 bits per heavy atom. The summed E-state index contributed by atoms with van der Waals surface area (Å²) in [6.07, 6.45) is 7.25. The Morgan fingerprint density at radius 1 is 1.08 bits per heavy atom. The van der Waals surface area contributed by atoms with Gasteiger partial charge in [0.25, 0.3) is 0 Å². The van der Waals surface area contributed by atoms with Crippen molar-refractivity contribution in [3.63, 3.8) is 0 Å². The van der Waals surface area contributed by atoms with Crippen molar-refractivity contribution in [2.45, 2.75) is 50.0 Å². The topological polar surface area (TPSA) is 35.5 Å². The normalized spacial score (nSPS) is 24.2. The fraction of sp³-hybridized carbons (Fsp3) is 0.700. The SMILES string of the molecule is Cl.Cl.OC(CN1CCC2(CCc3ccccc32)CC1)C1CCNCC1. The lowest BCUT2D eigenvalue weighted by molar-refractivity contribution is 0.0351. The van der Waals surface area contributed by atoms with Crippen LogP contribution in [0.3, 0.4) is 0 Å². The van der Waals surface area contributed by atoms with Gasteiger partial charge >= 0.3 is 0 Å². The van der Waals surface area contributed by atoms with Crippen LogP contribution in [0.1, 0.15) is 43.2 Å². The van der Waals surface area contributed by atoms with Gasteiger partial charge in [-0.15, -0.1) is 24.8 Å². The molecule has 1 atom stereocenters. The van der Waals surface area contributed by atoms with Gasteiger partial charge in [-0.25, -0.2) is 0 Å². The highest BCUT2D eigenvalue weighted by Gasteiger charge is 2.41. The maximum Gasteiger partial charge on any atom is 0.0696 e. The van der Waals surface area contributed by atoms with Crippen LogP contribution in [0.4, 0.5) is 0 Å². The fourth-order valence-corrected chi connectivity index (χ4v) is 5.09. The number of nitrogens with zero attached hydrogens (tertiary/aromatic N) is 1. The molecule has 1 aliphatic carbocycles. The summed E-state index contributed by atoms with van der Waals surface area (Å²) in [5.74, 6) is 0.499. The zero-order valence-corrected chi connectivity index (χ0v) is 16.6. The molecular weight excluding hydrogens is 355 g/mol. The monoisotopic (exact) mass is 386 g/mol. The lowest BCUT2D eigenvalue weighted by atomic mass is 9.73. The van der Waals surface area contributed by atoms with Crippen LogP contribution in [-0.4, -0.2) is 48.8 Å². The predicted octanol–water partition coefficient (Wildman–Crippen LogP) is 3.17. The molecule has 2 aliphatic heterocycles. The summed E-state index contributed by atoms with van der Waals surface area (Å²) in [6, 6.07) is 9.07. The highest BCUT2D eigenvalue weighted by molar-refractivity contribution is 5.85. The first-order valence-corrected chi connectivity index (χ1v) is 9.46. The number of fused-ring (bicyclic) bond motifs is 2. The molecule has 25 heavy (non-hydrogen) atoms. The van der Waals surface area contributed by atoms with E-state index in [9.17, 15) is 5.11 Å². The second-order valence-corrected chi connectivity index (χ2v) is 7.89. The molecule has 0 saturated carbocycles. The first kappa shape index (κ1) is 21.0. The Kier molecular flexibility index (Phi) is 7.60. The van der Waals surface area contributed by atoms with Crippen LogP contribution in [0, 0.1) is 5.92 Å². The first-order chi connectivity index (χ1) is 11.3. The molecule has 0 bridgehead atoms. The Labute approximate surface area is 164 Å². The molecule has 1 aromatic carbocycles. The molecule has 0 aromatic heterocycles. The molecule has 2 fully saturated rings. The maximum absolute atomic E-state index is 10.6. The zero-order valence-electron chi connectivity index (χ0n) is 15.0. The summed E-state index contributed by atoms with van der Waals surface area (Å²) in [5, 5.41) is 14.0. The van der Waals surface area contributed by atoms with Gasteiger partial charge in [-0.2, -0.15) is 0 Å². The largest absolute Gasteiger partial charge is 0.392 e. The van der Waals surface area contributed by atoms with E-state index in [1.807, 2.05) is 0 Å². The van der Waals surface area contributed by atoms with E-state index in [1.165, 1.54) is 25.7 Å². The highest BCUT2D eigenvalue weighted by Crippen LogP contribution is 2.46. The van der Waals surface area contributed by atoms with Crippen molar-refractivity contribution in [1.82, 2.24) is 10.2 Å². The Morgan fingerprint density at radius 2 is 1.76 bits per heavy atom. The van der Waals surface area contributed by atoms with E-state index >= 15 is 0 Å². The second-order valence-electron chi connectivity index (χ2n) is 7.89. The minimum Gasteiger partial charge on any atom is -0.392 e. The van der Waals surface area contributed by atoms with Crippen LogP contribution in [0.25, 0.3) is 0 Å². The number of rotatable bonds is 3.